The van der Waals surface area contributed by atoms with Gasteiger partial charge in [-0.15, -0.1) is 0 Å². The van der Waals surface area contributed by atoms with Crippen LogP contribution in [0.1, 0.15) is 57.8 Å². The third-order valence-electron chi connectivity index (χ3n) is 4.83. The van der Waals surface area contributed by atoms with E-state index in [-0.39, 0.29) is 5.60 Å². The highest BCUT2D eigenvalue weighted by atomic mass is 79.9. The average Bonchev–Trinajstić information content (AvgIpc) is 2.41. The van der Waals surface area contributed by atoms with Gasteiger partial charge in [0.05, 0.1) is 12.0 Å². The van der Waals surface area contributed by atoms with Gasteiger partial charge >= 0.3 is 0 Å². The van der Waals surface area contributed by atoms with E-state index < -0.39 is 0 Å². The van der Waals surface area contributed by atoms with Gasteiger partial charge in [-0.05, 0) is 32.1 Å². The summed E-state index contributed by atoms with van der Waals surface area (Å²) < 4.78 is 5.60. The number of alkyl halides is 1. The van der Waals surface area contributed by atoms with Gasteiger partial charge in [0.15, 0.2) is 0 Å². The van der Waals surface area contributed by atoms with E-state index in [0.717, 1.165) is 24.7 Å². The molecule has 0 aliphatic heterocycles. The van der Waals surface area contributed by atoms with Crippen molar-refractivity contribution >= 4 is 21.8 Å². The van der Waals surface area contributed by atoms with E-state index in [1.54, 1.807) is 7.11 Å². The number of hydrogen-bond donors (Lipinski definition) is 0. The number of ether oxygens (including phenoxy) is 1. The lowest BCUT2D eigenvalue weighted by atomic mass is 9.77. The summed E-state index contributed by atoms with van der Waals surface area (Å²) >= 11 is 3.49. The first kappa shape index (κ1) is 15.3. The zero-order valence-electron chi connectivity index (χ0n) is 12.0. The molecule has 2 aliphatic carbocycles. The predicted molar refractivity (Wildman–Crippen MR) is 80.6 cm³/mol. The number of carbonyl (C=O) groups excluding carboxylic acids is 1. The zero-order valence-corrected chi connectivity index (χ0v) is 13.6. The molecule has 0 aromatic carbocycles. The van der Waals surface area contributed by atoms with Crippen LogP contribution < -0.4 is 0 Å². The molecule has 2 rings (SSSR count). The molecular formula is C15H26BrNO2. The predicted octanol–water partition coefficient (Wildman–Crippen LogP) is 3.50. The van der Waals surface area contributed by atoms with Crippen molar-refractivity contribution in [2.75, 3.05) is 19.0 Å². The highest BCUT2D eigenvalue weighted by Crippen LogP contribution is 2.39. The molecule has 0 unspecified atom stereocenters. The lowest BCUT2D eigenvalue weighted by molar-refractivity contribution is -0.146. The van der Waals surface area contributed by atoms with E-state index in [0.29, 0.717) is 18.4 Å². The molecule has 0 aromatic rings. The van der Waals surface area contributed by atoms with Crippen molar-refractivity contribution in [2.45, 2.75) is 69.4 Å². The Balaban J connectivity index is 1.95. The third kappa shape index (κ3) is 3.72. The number of halogens is 1. The minimum absolute atomic E-state index is 0.143. The van der Waals surface area contributed by atoms with Crippen LogP contribution in [0.2, 0.25) is 0 Å². The highest BCUT2D eigenvalue weighted by molar-refractivity contribution is 9.09. The molecule has 0 radical (unpaired) electrons. The van der Waals surface area contributed by atoms with Crippen molar-refractivity contribution in [3.63, 3.8) is 0 Å². The Morgan fingerprint density at radius 1 is 1.26 bits per heavy atom. The summed E-state index contributed by atoms with van der Waals surface area (Å²) in [6.45, 7) is 0.837. The molecule has 2 fully saturated rings. The number of carbonyl (C=O) groups is 1. The SMILES string of the molecule is COC1(CC(=O)N(CCBr)C2CCCCC2)CCC1. The van der Waals surface area contributed by atoms with Crippen molar-refractivity contribution in [3.05, 3.63) is 0 Å². The van der Waals surface area contributed by atoms with Gasteiger partial charge in [-0.25, -0.2) is 0 Å². The molecule has 110 valence electrons. The molecule has 0 heterocycles. The summed E-state index contributed by atoms with van der Waals surface area (Å²) in [5.41, 5.74) is -0.143. The van der Waals surface area contributed by atoms with Crippen LogP contribution in [0.5, 0.6) is 0 Å². The maximum absolute atomic E-state index is 12.6. The number of nitrogens with zero attached hydrogens (tertiary/aromatic N) is 1. The van der Waals surface area contributed by atoms with Gasteiger partial charge in [-0.2, -0.15) is 0 Å². The van der Waals surface area contributed by atoms with Crippen LogP contribution in [0.3, 0.4) is 0 Å². The van der Waals surface area contributed by atoms with Crippen molar-refractivity contribution in [1.82, 2.24) is 4.90 Å². The second kappa shape index (κ2) is 7.07. The van der Waals surface area contributed by atoms with Gasteiger partial charge in [-0.3, -0.25) is 4.79 Å². The molecule has 3 nitrogen and oxygen atoms in total. The number of amides is 1. The lowest BCUT2D eigenvalue weighted by Crippen LogP contribution is -2.49. The van der Waals surface area contributed by atoms with Gasteiger partial charge in [0.2, 0.25) is 5.91 Å². The maximum Gasteiger partial charge on any atom is 0.225 e. The van der Waals surface area contributed by atoms with Gasteiger partial charge in [0.25, 0.3) is 0 Å². The Morgan fingerprint density at radius 3 is 2.42 bits per heavy atom. The molecule has 0 spiro atoms. The molecule has 2 aliphatic rings. The number of hydrogen-bond acceptors (Lipinski definition) is 2. The summed E-state index contributed by atoms with van der Waals surface area (Å²) in [4.78, 5) is 14.7. The summed E-state index contributed by atoms with van der Waals surface area (Å²) in [5.74, 6) is 0.299. The molecule has 2 saturated carbocycles. The molecule has 0 bridgehead atoms. The van der Waals surface area contributed by atoms with Crippen molar-refractivity contribution in [1.29, 1.82) is 0 Å². The Hall–Kier alpha value is -0.0900. The highest BCUT2D eigenvalue weighted by Gasteiger charge is 2.40. The standard InChI is InChI=1S/C15H26BrNO2/c1-19-15(8-5-9-15)12-14(18)17(11-10-16)13-6-3-2-4-7-13/h13H,2-12H2,1H3. The van der Waals surface area contributed by atoms with Crippen molar-refractivity contribution in [2.24, 2.45) is 0 Å². The number of rotatable bonds is 6. The Morgan fingerprint density at radius 2 is 1.95 bits per heavy atom. The number of methoxy groups -OCH3 is 1. The van der Waals surface area contributed by atoms with E-state index in [1.165, 1.54) is 38.5 Å². The average molecular weight is 332 g/mol. The van der Waals surface area contributed by atoms with Crippen molar-refractivity contribution in [3.8, 4) is 0 Å². The summed E-state index contributed by atoms with van der Waals surface area (Å²) in [7, 11) is 1.75. The summed E-state index contributed by atoms with van der Waals surface area (Å²) in [5, 5.41) is 0.870. The first-order valence-corrected chi connectivity index (χ1v) is 8.73. The summed E-state index contributed by atoms with van der Waals surface area (Å²) in [6.07, 6.45) is 10.1. The topological polar surface area (TPSA) is 29.5 Å². The molecule has 0 aromatic heterocycles. The van der Waals surface area contributed by atoms with Crippen LogP contribution in [0.15, 0.2) is 0 Å². The van der Waals surface area contributed by atoms with E-state index >= 15 is 0 Å². The molecule has 0 saturated heterocycles. The van der Waals surface area contributed by atoms with Gasteiger partial charge in [-0.1, -0.05) is 35.2 Å². The van der Waals surface area contributed by atoms with E-state index in [9.17, 15) is 4.79 Å². The fourth-order valence-electron chi connectivity index (χ4n) is 3.40. The first-order valence-electron chi connectivity index (χ1n) is 7.61. The first-order chi connectivity index (χ1) is 9.21. The van der Waals surface area contributed by atoms with Gasteiger partial charge in [0, 0.05) is 25.0 Å². The van der Waals surface area contributed by atoms with Crippen LogP contribution in [-0.4, -0.2) is 41.4 Å². The minimum Gasteiger partial charge on any atom is -0.378 e. The Bertz CT molecular complexity index is 293. The smallest absolute Gasteiger partial charge is 0.225 e. The normalized spacial score (nSPS) is 22.8. The summed E-state index contributed by atoms with van der Waals surface area (Å²) in [6, 6.07) is 0.466. The molecule has 4 heteroatoms. The van der Waals surface area contributed by atoms with Crippen molar-refractivity contribution < 1.29 is 9.53 Å². The third-order valence-corrected chi connectivity index (χ3v) is 5.19. The van der Waals surface area contributed by atoms with E-state index in [1.807, 2.05) is 0 Å². The van der Waals surface area contributed by atoms with Crippen LogP contribution in [0.25, 0.3) is 0 Å². The van der Waals surface area contributed by atoms with Crippen LogP contribution in [0, 0.1) is 0 Å². The van der Waals surface area contributed by atoms with Crippen LogP contribution in [0.4, 0.5) is 0 Å². The molecule has 0 atom stereocenters. The molecule has 19 heavy (non-hydrogen) atoms. The Kier molecular flexibility index (Phi) is 5.70. The van der Waals surface area contributed by atoms with Gasteiger partial charge in [0.1, 0.15) is 0 Å². The second-order valence-corrected chi connectivity index (χ2v) is 6.78. The fourth-order valence-corrected chi connectivity index (χ4v) is 3.78. The van der Waals surface area contributed by atoms with E-state index in [2.05, 4.69) is 20.8 Å². The monoisotopic (exact) mass is 331 g/mol. The van der Waals surface area contributed by atoms with Crippen LogP contribution in [-0.2, 0) is 9.53 Å². The Labute approximate surface area is 125 Å². The second-order valence-electron chi connectivity index (χ2n) is 5.99. The fraction of sp³-hybridized carbons (Fsp3) is 0.933. The minimum atomic E-state index is -0.143. The maximum atomic E-state index is 12.6. The quantitative estimate of drug-likeness (QED) is 0.697. The molecular weight excluding hydrogens is 306 g/mol. The molecule has 0 N–H and O–H groups in total. The zero-order chi connectivity index (χ0) is 13.7. The van der Waals surface area contributed by atoms with E-state index in [4.69, 9.17) is 4.74 Å². The molecule has 1 amide bonds. The lowest BCUT2D eigenvalue weighted by Gasteiger charge is -2.42. The largest absolute Gasteiger partial charge is 0.378 e. The van der Waals surface area contributed by atoms with Gasteiger partial charge < -0.3 is 9.64 Å². The van der Waals surface area contributed by atoms with Crippen LogP contribution >= 0.6 is 15.9 Å².